The monoisotopic (exact) mass is 181 g/mol. The van der Waals surface area contributed by atoms with E-state index in [0.29, 0.717) is 5.92 Å². The normalized spacial score (nSPS) is 15.2. The minimum Gasteiger partial charge on any atom is -0.319 e. The molecule has 1 nitrogen and oxygen atoms in total. The molecule has 0 saturated heterocycles. The van der Waals surface area contributed by atoms with Crippen LogP contribution >= 0.6 is 0 Å². The highest BCUT2D eigenvalue weighted by Crippen LogP contribution is 2.13. The van der Waals surface area contributed by atoms with Crippen molar-refractivity contribution in [3.8, 4) is 0 Å². The third-order valence-corrected chi connectivity index (χ3v) is 2.23. The van der Waals surface area contributed by atoms with Crippen LogP contribution in [0.25, 0.3) is 0 Å². The summed E-state index contributed by atoms with van der Waals surface area (Å²) in [6.07, 6.45) is 8.89. The van der Waals surface area contributed by atoms with E-state index in [4.69, 9.17) is 0 Å². The molecule has 1 atom stereocenters. The van der Waals surface area contributed by atoms with Crippen LogP contribution in [0, 0.1) is 5.92 Å². The first-order valence-electron chi connectivity index (χ1n) is 5.26. The first-order valence-corrected chi connectivity index (χ1v) is 5.26. The van der Waals surface area contributed by atoms with Gasteiger partial charge in [0.15, 0.2) is 0 Å². The summed E-state index contributed by atoms with van der Waals surface area (Å²) in [4.78, 5) is 0. The number of hydrogen-bond donors (Lipinski definition) is 1. The zero-order chi connectivity index (χ0) is 10.1. The van der Waals surface area contributed by atoms with Crippen LogP contribution in [0.3, 0.4) is 0 Å². The molecule has 0 rings (SSSR count). The fraction of sp³-hybridized carbons (Fsp3) is 0.667. The quantitative estimate of drug-likeness (QED) is 0.621. The van der Waals surface area contributed by atoms with Crippen LogP contribution in [0.15, 0.2) is 23.8 Å². The van der Waals surface area contributed by atoms with E-state index in [1.807, 2.05) is 7.05 Å². The predicted octanol–water partition coefficient (Wildman–Crippen LogP) is 3.14. The maximum Gasteiger partial charge on any atom is 0.00113 e. The fourth-order valence-corrected chi connectivity index (χ4v) is 1.40. The minimum atomic E-state index is 0.650. The fourth-order valence-electron chi connectivity index (χ4n) is 1.40. The molecule has 1 heteroatoms. The van der Waals surface area contributed by atoms with Crippen LogP contribution in [0.2, 0.25) is 0 Å². The van der Waals surface area contributed by atoms with Gasteiger partial charge >= 0.3 is 0 Å². The molecule has 0 aromatic carbocycles. The van der Waals surface area contributed by atoms with Crippen molar-refractivity contribution >= 4 is 0 Å². The minimum absolute atomic E-state index is 0.650. The molecule has 13 heavy (non-hydrogen) atoms. The lowest BCUT2D eigenvalue weighted by molar-refractivity contribution is 0.603. The van der Waals surface area contributed by atoms with Gasteiger partial charge < -0.3 is 5.32 Å². The molecule has 0 heterocycles. The number of allylic oxidation sites excluding steroid dienone is 3. The van der Waals surface area contributed by atoms with Crippen molar-refractivity contribution in [3.63, 3.8) is 0 Å². The summed E-state index contributed by atoms with van der Waals surface area (Å²) in [6, 6.07) is 0. The van der Waals surface area contributed by atoms with E-state index < -0.39 is 0 Å². The van der Waals surface area contributed by atoms with Crippen molar-refractivity contribution < 1.29 is 0 Å². The van der Waals surface area contributed by atoms with E-state index in [1.165, 1.54) is 5.57 Å². The Hall–Kier alpha value is -0.560. The maximum absolute atomic E-state index is 3.21. The van der Waals surface area contributed by atoms with Gasteiger partial charge in [0.2, 0.25) is 0 Å². The van der Waals surface area contributed by atoms with Crippen molar-refractivity contribution in [2.24, 2.45) is 5.92 Å². The van der Waals surface area contributed by atoms with Crippen LogP contribution < -0.4 is 5.32 Å². The summed E-state index contributed by atoms with van der Waals surface area (Å²) in [7, 11) is 2.01. The summed E-state index contributed by atoms with van der Waals surface area (Å²) >= 11 is 0. The molecule has 0 aromatic heterocycles. The second-order valence-electron chi connectivity index (χ2n) is 3.39. The molecule has 1 unspecified atom stereocenters. The van der Waals surface area contributed by atoms with Gasteiger partial charge in [-0.05, 0) is 25.8 Å². The lowest BCUT2D eigenvalue weighted by Crippen LogP contribution is -2.17. The molecule has 0 saturated carbocycles. The largest absolute Gasteiger partial charge is 0.319 e. The molecule has 0 aliphatic heterocycles. The van der Waals surface area contributed by atoms with Crippen molar-refractivity contribution in [2.45, 2.75) is 33.6 Å². The average molecular weight is 181 g/mol. The molecule has 0 amide bonds. The van der Waals surface area contributed by atoms with Gasteiger partial charge in [-0.2, -0.15) is 0 Å². The number of hydrogen-bond acceptors (Lipinski definition) is 1. The Morgan fingerprint density at radius 3 is 2.54 bits per heavy atom. The second kappa shape index (κ2) is 8.06. The van der Waals surface area contributed by atoms with Crippen LogP contribution in [0.5, 0.6) is 0 Å². The van der Waals surface area contributed by atoms with Gasteiger partial charge in [-0.25, -0.2) is 0 Å². The van der Waals surface area contributed by atoms with Crippen molar-refractivity contribution in [3.05, 3.63) is 23.8 Å². The lowest BCUT2D eigenvalue weighted by atomic mass is 9.98. The zero-order valence-electron chi connectivity index (χ0n) is 9.43. The Kier molecular flexibility index (Phi) is 7.71. The van der Waals surface area contributed by atoms with Gasteiger partial charge in [0.1, 0.15) is 0 Å². The molecule has 0 aromatic rings. The van der Waals surface area contributed by atoms with Crippen LogP contribution in [-0.4, -0.2) is 13.6 Å². The summed E-state index contributed by atoms with van der Waals surface area (Å²) < 4.78 is 0. The third kappa shape index (κ3) is 5.64. The Morgan fingerprint density at radius 2 is 2.08 bits per heavy atom. The van der Waals surface area contributed by atoms with E-state index in [-0.39, 0.29) is 0 Å². The maximum atomic E-state index is 3.21. The van der Waals surface area contributed by atoms with Gasteiger partial charge in [-0.3, -0.25) is 0 Å². The number of rotatable bonds is 6. The Labute approximate surface area is 82.9 Å². The van der Waals surface area contributed by atoms with Gasteiger partial charge in [0, 0.05) is 6.54 Å². The van der Waals surface area contributed by atoms with E-state index in [0.717, 1.165) is 19.4 Å². The average Bonchev–Trinajstić information content (AvgIpc) is 2.13. The third-order valence-electron chi connectivity index (χ3n) is 2.23. The topological polar surface area (TPSA) is 12.0 Å². The molecule has 0 radical (unpaired) electrons. The standard InChI is InChI=1S/C12H23N/c1-5-7-8-9-12(6-2)11(3)10-13-4/h7-9,11,13H,5-6,10H2,1-4H3/b8-7-,12-9+. The first-order chi connectivity index (χ1) is 6.26. The SMILES string of the molecule is CC/C=C\C=C(/CC)C(C)CNC. The highest BCUT2D eigenvalue weighted by molar-refractivity contribution is 5.14. The van der Waals surface area contributed by atoms with Crippen LogP contribution in [0.4, 0.5) is 0 Å². The molecule has 0 spiro atoms. The van der Waals surface area contributed by atoms with Gasteiger partial charge in [-0.15, -0.1) is 0 Å². The van der Waals surface area contributed by atoms with Gasteiger partial charge in [0.25, 0.3) is 0 Å². The Morgan fingerprint density at radius 1 is 1.38 bits per heavy atom. The summed E-state index contributed by atoms with van der Waals surface area (Å²) in [6.45, 7) is 7.72. The summed E-state index contributed by atoms with van der Waals surface area (Å²) in [5.41, 5.74) is 1.53. The second-order valence-corrected chi connectivity index (χ2v) is 3.39. The molecule has 0 aliphatic carbocycles. The number of nitrogens with one attached hydrogen (secondary N) is 1. The van der Waals surface area contributed by atoms with Gasteiger partial charge in [-0.1, -0.05) is 44.6 Å². The van der Waals surface area contributed by atoms with E-state index in [1.54, 1.807) is 0 Å². The van der Waals surface area contributed by atoms with E-state index >= 15 is 0 Å². The molecule has 0 bridgehead atoms. The Balaban J connectivity index is 4.13. The summed E-state index contributed by atoms with van der Waals surface area (Å²) in [5.74, 6) is 0.650. The molecule has 1 N–H and O–H groups in total. The highest BCUT2D eigenvalue weighted by atomic mass is 14.8. The first kappa shape index (κ1) is 12.4. The molecule has 76 valence electrons. The van der Waals surface area contributed by atoms with E-state index in [2.05, 4.69) is 44.3 Å². The Bertz CT molecular complexity index is 168. The molecular formula is C12H23N. The predicted molar refractivity (Wildman–Crippen MR) is 60.9 cm³/mol. The van der Waals surface area contributed by atoms with Crippen molar-refractivity contribution in [1.82, 2.24) is 5.32 Å². The van der Waals surface area contributed by atoms with Gasteiger partial charge in [0.05, 0.1) is 0 Å². The van der Waals surface area contributed by atoms with E-state index in [9.17, 15) is 0 Å². The van der Waals surface area contributed by atoms with Crippen molar-refractivity contribution in [1.29, 1.82) is 0 Å². The van der Waals surface area contributed by atoms with Crippen LogP contribution in [-0.2, 0) is 0 Å². The molecule has 0 fully saturated rings. The molecule has 0 aliphatic rings. The van der Waals surface area contributed by atoms with Crippen molar-refractivity contribution in [2.75, 3.05) is 13.6 Å². The highest BCUT2D eigenvalue weighted by Gasteiger charge is 2.03. The lowest BCUT2D eigenvalue weighted by Gasteiger charge is -2.13. The van der Waals surface area contributed by atoms with Crippen LogP contribution in [0.1, 0.15) is 33.6 Å². The zero-order valence-corrected chi connectivity index (χ0v) is 9.43. The molecular weight excluding hydrogens is 158 g/mol. The summed E-state index contributed by atoms with van der Waals surface area (Å²) in [5, 5.41) is 3.21. The smallest absolute Gasteiger partial charge is 0.00113 e.